The average Bonchev–Trinajstić information content (AvgIpc) is 1.90. The first-order valence-electron chi connectivity index (χ1n) is 2.15. The first-order chi connectivity index (χ1) is 3.93. The third-order valence-electron chi connectivity index (χ3n) is 0.719. The smallest absolute Gasteiger partial charge is 0.0501 e. The SMILES string of the molecule is N#Cc1c[c-]ccn1.[Y]. The number of nitriles is 1. The van der Waals surface area contributed by atoms with Crippen LogP contribution in [0.4, 0.5) is 0 Å². The van der Waals surface area contributed by atoms with Crippen molar-refractivity contribution in [1.82, 2.24) is 4.98 Å². The molecule has 41 valence electrons. The standard InChI is InChI=1S/C6H3N2.Y/c7-5-6-3-1-2-4-8-6;/h2-4H;/q-1;. The second kappa shape index (κ2) is 4.61. The second-order valence-corrected chi connectivity index (χ2v) is 1.25. The van der Waals surface area contributed by atoms with Crippen molar-refractivity contribution in [3.05, 3.63) is 30.1 Å². The van der Waals surface area contributed by atoms with E-state index < -0.39 is 0 Å². The Kier molecular flexibility index (Phi) is 4.48. The van der Waals surface area contributed by atoms with Crippen LogP contribution in [0.2, 0.25) is 0 Å². The normalized spacial score (nSPS) is 7.00. The van der Waals surface area contributed by atoms with Crippen LogP contribution in [0.3, 0.4) is 0 Å². The molecule has 1 heterocycles. The van der Waals surface area contributed by atoms with Gasteiger partial charge in [0.2, 0.25) is 0 Å². The van der Waals surface area contributed by atoms with E-state index in [0.717, 1.165) is 0 Å². The Hall–Kier alpha value is -0.256. The molecule has 0 atom stereocenters. The first-order valence-corrected chi connectivity index (χ1v) is 2.15. The number of hydrogen-bond acceptors (Lipinski definition) is 2. The summed E-state index contributed by atoms with van der Waals surface area (Å²) < 4.78 is 0. The molecule has 0 saturated carbocycles. The number of nitrogens with zero attached hydrogens (tertiary/aromatic N) is 2. The molecule has 0 N–H and O–H groups in total. The molecule has 1 aromatic rings. The number of pyridine rings is 1. The molecular formula is C6H3N2Y-. The molecule has 3 heteroatoms. The summed E-state index contributed by atoms with van der Waals surface area (Å²) >= 11 is 0. The molecule has 0 aliphatic carbocycles. The van der Waals surface area contributed by atoms with Crippen LogP contribution in [0.15, 0.2) is 18.3 Å². The fourth-order valence-electron chi connectivity index (χ4n) is 0.386. The van der Waals surface area contributed by atoms with Gasteiger partial charge in [-0.1, -0.05) is 6.20 Å². The average molecular weight is 192 g/mol. The van der Waals surface area contributed by atoms with Crippen LogP contribution in [0.1, 0.15) is 5.69 Å². The molecule has 0 unspecified atom stereocenters. The van der Waals surface area contributed by atoms with E-state index in [9.17, 15) is 0 Å². The summed E-state index contributed by atoms with van der Waals surface area (Å²) in [5, 5.41) is 8.21. The van der Waals surface area contributed by atoms with Crippen LogP contribution in [0, 0.1) is 17.4 Å². The van der Waals surface area contributed by atoms with Gasteiger partial charge in [0.25, 0.3) is 0 Å². The minimum atomic E-state index is 0. The number of hydrogen-bond donors (Lipinski definition) is 0. The van der Waals surface area contributed by atoms with Gasteiger partial charge in [-0.2, -0.15) is 12.1 Å². The summed E-state index contributed by atoms with van der Waals surface area (Å²) in [7, 11) is 0. The van der Waals surface area contributed by atoms with E-state index in [1.165, 1.54) is 0 Å². The molecule has 0 spiro atoms. The largest absolute Gasteiger partial charge is 0.373 e. The predicted octanol–water partition coefficient (Wildman–Crippen LogP) is 0.751. The summed E-state index contributed by atoms with van der Waals surface area (Å²) in [6.45, 7) is 0. The van der Waals surface area contributed by atoms with Crippen molar-refractivity contribution < 1.29 is 32.7 Å². The monoisotopic (exact) mass is 192 g/mol. The van der Waals surface area contributed by atoms with Crippen LogP contribution in [0.25, 0.3) is 0 Å². The van der Waals surface area contributed by atoms with E-state index in [1.807, 2.05) is 6.07 Å². The van der Waals surface area contributed by atoms with E-state index in [4.69, 9.17) is 5.26 Å². The summed E-state index contributed by atoms with van der Waals surface area (Å²) in [6, 6.07) is 7.81. The third-order valence-corrected chi connectivity index (χ3v) is 0.719. The number of aromatic nitrogens is 1. The molecule has 1 rings (SSSR count). The maximum absolute atomic E-state index is 8.21. The Balaban J connectivity index is 0.000000640. The Morgan fingerprint density at radius 1 is 1.67 bits per heavy atom. The van der Waals surface area contributed by atoms with Crippen molar-refractivity contribution in [1.29, 1.82) is 5.26 Å². The van der Waals surface area contributed by atoms with Gasteiger partial charge in [-0.3, -0.25) is 0 Å². The van der Waals surface area contributed by atoms with Crippen LogP contribution < -0.4 is 0 Å². The van der Waals surface area contributed by atoms with Crippen molar-refractivity contribution in [2.24, 2.45) is 0 Å². The van der Waals surface area contributed by atoms with Gasteiger partial charge in [0.15, 0.2) is 0 Å². The van der Waals surface area contributed by atoms with E-state index in [0.29, 0.717) is 5.69 Å². The summed E-state index contributed by atoms with van der Waals surface area (Å²) in [6.07, 6.45) is 1.54. The summed E-state index contributed by atoms with van der Waals surface area (Å²) in [5.74, 6) is 0. The van der Waals surface area contributed by atoms with Crippen molar-refractivity contribution in [2.75, 3.05) is 0 Å². The van der Waals surface area contributed by atoms with Gasteiger partial charge >= 0.3 is 0 Å². The fourth-order valence-corrected chi connectivity index (χ4v) is 0.386. The molecule has 0 saturated heterocycles. The zero-order valence-corrected chi connectivity index (χ0v) is 7.54. The first kappa shape index (κ1) is 8.74. The van der Waals surface area contributed by atoms with Gasteiger partial charge in [0.1, 0.15) is 0 Å². The molecule has 0 aliphatic rings. The zero-order valence-electron chi connectivity index (χ0n) is 4.70. The number of rotatable bonds is 0. The summed E-state index contributed by atoms with van der Waals surface area (Å²) in [4.78, 5) is 3.70. The van der Waals surface area contributed by atoms with Gasteiger partial charge in [-0.05, 0) is 0 Å². The Morgan fingerprint density at radius 2 is 2.44 bits per heavy atom. The van der Waals surface area contributed by atoms with Gasteiger partial charge < -0.3 is 4.98 Å². The zero-order chi connectivity index (χ0) is 5.82. The molecule has 0 amide bonds. The van der Waals surface area contributed by atoms with E-state index in [2.05, 4.69) is 11.1 Å². The topological polar surface area (TPSA) is 36.7 Å². The van der Waals surface area contributed by atoms with Gasteiger partial charge in [-0.25, -0.2) is 5.26 Å². The molecule has 0 aromatic carbocycles. The van der Waals surface area contributed by atoms with Crippen LogP contribution >= 0.6 is 0 Å². The van der Waals surface area contributed by atoms with Gasteiger partial charge in [0, 0.05) is 38.4 Å². The minimum Gasteiger partial charge on any atom is -0.373 e. The van der Waals surface area contributed by atoms with Crippen molar-refractivity contribution in [2.45, 2.75) is 0 Å². The summed E-state index contributed by atoms with van der Waals surface area (Å²) in [5.41, 5.74) is 0.410. The minimum absolute atomic E-state index is 0. The van der Waals surface area contributed by atoms with Crippen molar-refractivity contribution >= 4 is 0 Å². The van der Waals surface area contributed by atoms with Crippen LogP contribution in [-0.4, -0.2) is 4.98 Å². The maximum Gasteiger partial charge on any atom is 0.0501 e. The van der Waals surface area contributed by atoms with Crippen LogP contribution in [0.5, 0.6) is 0 Å². The molecule has 1 aromatic heterocycles. The van der Waals surface area contributed by atoms with Crippen molar-refractivity contribution in [3.63, 3.8) is 0 Å². The molecule has 0 aliphatic heterocycles. The predicted molar refractivity (Wildman–Crippen MR) is 27.8 cm³/mol. The molecule has 9 heavy (non-hydrogen) atoms. The fraction of sp³-hybridized carbons (Fsp3) is 0. The van der Waals surface area contributed by atoms with Gasteiger partial charge in [0.05, 0.1) is 6.07 Å². The van der Waals surface area contributed by atoms with E-state index in [-0.39, 0.29) is 32.7 Å². The maximum atomic E-state index is 8.21. The molecular weight excluding hydrogens is 189 g/mol. The molecule has 2 nitrogen and oxygen atoms in total. The van der Waals surface area contributed by atoms with Crippen LogP contribution in [-0.2, 0) is 32.7 Å². The molecule has 1 radical (unpaired) electrons. The van der Waals surface area contributed by atoms with E-state index in [1.54, 1.807) is 18.3 Å². The Morgan fingerprint density at radius 3 is 2.78 bits per heavy atom. The third kappa shape index (κ3) is 2.69. The van der Waals surface area contributed by atoms with E-state index >= 15 is 0 Å². The Labute approximate surface area is 78.8 Å². The van der Waals surface area contributed by atoms with Crippen molar-refractivity contribution in [3.8, 4) is 6.07 Å². The Bertz CT molecular complexity index is 202. The quantitative estimate of drug-likeness (QED) is 0.568. The van der Waals surface area contributed by atoms with Gasteiger partial charge in [-0.15, -0.1) is 6.07 Å². The second-order valence-electron chi connectivity index (χ2n) is 1.25. The molecule has 0 fully saturated rings. The molecule has 0 bridgehead atoms.